The lowest BCUT2D eigenvalue weighted by molar-refractivity contribution is -0.121. The molecular formula is C19H21ClN2O3S. The highest BCUT2D eigenvalue weighted by atomic mass is 35.5. The Hall–Kier alpha value is -2.31. The van der Waals surface area contributed by atoms with Crippen LogP contribution in [0.5, 0.6) is 11.5 Å². The molecule has 0 aromatic heterocycles. The molecule has 0 heterocycles. The first-order valence-electron chi connectivity index (χ1n) is 7.98. The van der Waals surface area contributed by atoms with Crippen molar-refractivity contribution in [2.75, 3.05) is 11.9 Å². The van der Waals surface area contributed by atoms with Crippen LogP contribution in [0.1, 0.15) is 22.3 Å². The molecule has 0 aliphatic rings. The Balaban J connectivity index is 1.93. The first kappa shape index (κ1) is 20.0. The monoisotopic (exact) mass is 392 g/mol. The van der Waals surface area contributed by atoms with Crippen LogP contribution < -0.4 is 15.4 Å². The third-order valence-corrected chi connectivity index (χ3v) is 4.53. The smallest absolute Gasteiger partial charge is 0.264 e. The van der Waals surface area contributed by atoms with Crippen molar-refractivity contribution >= 4 is 40.5 Å². The summed E-state index contributed by atoms with van der Waals surface area (Å²) in [7, 11) is 0. The van der Waals surface area contributed by atoms with E-state index in [4.69, 9.17) is 28.6 Å². The molecule has 0 bridgehead atoms. The van der Waals surface area contributed by atoms with E-state index in [1.165, 1.54) is 0 Å². The van der Waals surface area contributed by atoms with Gasteiger partial charge in [-0.3, -0.25) is 10.1 Å². The maximum absolute atomic E-state index is 12.0. The van der Waals surface area contributed by atoms with Crippen LogP contribution in [0.4, 0.5) is 5.69 Å². The molecule has 0 spiro atoms. The van der Waals surface area contributed by atoms with Crippen LogP contribution >= 0.6 is 23.8 Å². The minimum absolute atomic E-state index is 0.0855. The Bertz CT molecular complexity index is 845. The Morgan fingerprint density at radius 1 is 1.12 bits per heavy atom. The molecule has 0 fully saturated rings. The van der Waals surface area contributed by atoms with E-state index in [0.717, 1.165) is 22.3 Å². The zero-order valence-corrected chi connectivity index (χ0v) is 16.6. The number of hydrogen-bond acceptors (Lipinski definition) is 4. The molecule has 7 heteroatoms. The van der Waals surface area contributed by atoms with E-state index in [0.29, 0.717) is 16.5 Å². The largest absolute Gasteiger partial charge is 0.505 e. The predicted molar refractivity (Wildman–Crippen MR) is 108 cm³/mol. The van der Waals surface area contributed by atoms with E-state index in [2.05, 4.69) is 10.6 Å². The number of carbonyl (C=O) groups is 1. The van der Waals surface area contributed by atoms with Crippen molar-refractivity contribution in [2.24, 2.45) is 0 Å². The average Bonchev–Trinajstić information content (AvgIpc) is 2.55. The number of phenols is 1. The van der Waals surface area contributed by atoms with Crippen LogP contribution in [0, 0.1) is 27.7 Å². The fourth-order valence-electron chi connectivity index (χ4n) is 2.51. The molecule has 0 saturated heterocycles. The van der Waals surface area contributed by atoms with Crippen molar-refractivity contribution in [3.05, 3.63) is 51.5 Å². The molecule has 0 unspecified atom stereocenters. The number of rotatable bonds is 4. The molecule has 0 saturated carbocycles. The topological polar surface area (TPSA) is 70.6 Å². The first-order chi connectivity index (χ1) is 12.2. The third-order valence-electron chi connectivity index (χ3n) is 3.73. The molecule has 2 aromatic carbocycles. The van der Waals surface area contributed by atoms with Crippen LogP contribution in [-0.2, 0) is 4.79 Å². The molecule has 0 aliphatic heterocycles. The number of phenolic OH excluding ortho intramolecular Hbond substituents is 1. The molecule has 26 heavy (non-hydrogen) atoms. The van der Waals surface area contributed by atoms with Crippen molar-refractivity contribution in [1.82, 2.24) is 5.32 Å². The van der Waals surface area contributed by atoms with Gasteiger partial charge in [0.25, 0.3) is 5.91 Å². The lowest BCUT2D eigenvalue weighted by Crippen LogP contribution is -2.37. The zero-order chi connectivity index (χ0) is 19.4. The van der Waals surface area contributed by atoms with Gasteiger partial charge in [-0.05, 0) is 80.4 Å². The highest BCUT2D eigenvalue weighted by Crippen LogP contribution is 2.28. The number of anilines is 1. The zero-order valence-electron chi connectivity index (χ0n) is 15.1. The summed E-state index contributed by atoms with van der Waals surface area (Å²) in [5.41, 5.74) is 3.89. The van der Waals surface area contributed by atoms with Crippen LogP contribution in [0.3, 0.4) is 0 Å². The minimum atomic E-state index is -0.406. The highest BCUT2D eigenvalue weighted by Gasteiger charge is 2.11. The third kappa shape index (κ3) is 5.09. The van der Waals surface area contributed by atoms with Gasteiger partial charge in [-0.25, -0.2) is 0 Å². The molecule has 138 valence electrons. The predicted octanol–water partition coefficient (Wildman–Crippen LogP) is 4.17. The summed E-state index contributed by atoms with van der Waals surface area (Å²) in [4.78, 5) is 12.0. The van der Waals surface area contributed by atoms with Crippen LogP contribution in [0.15, 0.2) is 24.3 Å². The lowest BCUT2D eigenvalue weighted by Gasteiger charge is -2.14. The van der Waals surface area contributed by atoms with Crippen molar-refractivity contribution in [3.63, 3.8) is 0 Å². The maximum Gasteiger partial charge on any atom is 0.264 e. The summed E-state index contributed by atoms with van der Waals surface area (Å²) in [5, 5.41) is 16.2. The van der Waals surface area contributed by atoms with Crippen molar-refractivity contribution in [3.8, 4) is 11.5 Å². The second-order valence-electron chi connectivity index (χ2n) is 6.14. The van der Waals surface area contributed by atoms with E-state index in [1.807, 2.05) is 26.8 Å². The van der Waals surface area contributed by atoms with Gasteiger partial charge >= 0.3 is 0 Å². The Kier molecular flexibility index (Phi) is 6.45. The maximum atomic E-state index is 12.0. The number of aryl methyl sites for hydroxylation is 4. The van der Waals surface area contributed by atoms with E-state index in [-0.39, 0.29) is 17.5 Å². The van der Waals surface area contributed by atoms with Gasteiger partial charge in [0, 0.05) is 5.02 Å². The van der Waals surface area contributed by atoms with Gasteiger partial charge in [0.2, 0.25) is 0 Å². The highest BCUT2D eigenvalue weighted by molar-refractivity contribution is 7.80. The molecule has 0 radical (unpaired) electrons. The standard InChI is InChI=1S/C19H21ClN2O3S/c1-10-5-13(4)18(24)15(6-10)21-19(26)22-16(23)9-25-14-7-11(2)17(20)12(3)8-14/h5-8,24H,9H2,1-4H3,(H2,21,22,23,26). The number of amides is 1. The van der Waals surface area contributed by atoms with Crippen molar-refractivity contribution < 1.29 is 14.6 Å². The van der Waals surface area contributed by atoms with Crippen molar-refractivity contribution in [2.45, 2.75) is 27.7 Å². The Morgan fingerprint density at radius 2 is 1.73 bits per heavy atom. The van der Waals surface area contributed by atoms with E-state index < -0.39 is 5.91 Å². The molecule has 2 aromatic rings. The molecule has 1 amide bonds. The summed E-state index contributed by atoms with van der Waals surface area (Å²) >= 11 is 11.2. The fraction of sp³-hybridized carbons (Fsp3) is 0.263. The second-order valence-corrected chi connectivity index (χ2v) is 6.93. The Morgan fingerprint density at radius 3 is 2.35 bits per heavy atom. The molecule has 5 nitrogen and oxygen atoms in total. The summed E-state index contributed by atoms with van der Waals surface area (Å²) < 4.78 is 5.49. The number of benzene rings is 2. The minimum Gasteiger partial charge on any atom is -0.505 e. The second kappa shape index (κ2) is 8.38. The van der Waals surface area contributed by atoms with Gasteiger partial charge < -0.3 is 15.2 Å². The number of aromatic hydroxyl groups is 1. The van der Waals surface area contributed by atoms with E-state index >= 15 is 0 Å². The summed E-state index contributed by atoms with van der Waals surface area (Å²) in [6.07, 6.45) is 0. The quantitative estimate of drug-likeness (QED) is 0.538. The molecule has 3 N–H and O–H groups in total. The number of halogens is 1. The van der Waals surface area contributed by atoms with Gasteiger partial charge in [-0.2, -0.15) is 0 Å². The van der Waals surface area contributed by atoms with Crippen LogP contribution in [-0.4, -0.2) is 22.7 Å². The van der Waals surface area contributed by atoms with Crippen LogP contribution in [0.2, 0.25) is 5.02 Å². The molecular weight excluding hydrogens is 372 g/mol. The normalized spacial score (nSPS) is 10.3. The number of hydrogen-bond donors (Lipinski definition) is 3. The van der Waals surface area contributed by atoms with Crippen LogP contribution in [0.25, 0.3) is 0 Å². The van der Waals surface area contributed by atoms with Gasteiger partial charge in [0.1, 0.15) is 11.5 Å². The fourth-order valence-corrected chi connectivity index (χ4v) is 2.84. The number of thiocarbonyl (C=S) groups is 1. The number of nitrogens with one attached hydrogen (secondary N) is 2. The van der Waals surface area contributed by atoms with Gasteiger partial charge in [-0.15, -0.1) is 0 Å². The van der Waals surface area contributed by atoms with Gasteiger partial charge in [-0.1, -0.05) is 17.7 Å². The van der Waals surface area contributed by atoms with Gasteiger partial charge in [0.15, 0.2) is 11.7 Å². The van der Waals surface area contributed by atoms with Gasteiger partial charge in [0.05, 0.1) is 5.69 Å². The van der Waals surface area contributed by atoms with E-state index in [9.17, 15) is 9.90 Å². The molecule has 0 aliphatic carbocycles. The summed E-state index contributed by atoms with van der Waals surface area (Å²) in [5.74, 6) is 0.248. The molecule has 0 atom stereocenters. The number of ether oxygens (including phenoxy) is 1. The Labute approximate surface area is 163 Å². The van der Waals surface area contributed by atoms with Crippen molar-refractivity contribution in [1.29, 1.82) is 0 Å². The lowest BCUT2D eigenvalue weighted by atomic mass is 10.1. The summed E-state index contributed by atoms with van der Waals surface area (Å²) in [6, 6.07) is 7.14. The SMILES string of the molecule is Cc1cc(C)c(O)c(NC(=S)NC(=O)COc2cc(C)c(Cl)c(C)c2)c1. The average molecular weight is 393 g/mol. The number of carbonyl (C=O) groups excluding carboxylic acids is 1. The molecule has 2 rings (SSSR count). The first-order valence-corrected chi connectivity index (χ1v) is 8.76. The summed E-state index contributed by atoms with van der Waals surface area (Å²) in [6.45, 7) is 7.25. The van der Waals surface area contributed by atoms with E-state index in [1.54, 1.807) is 25.1 Å².